The van der Waals surface area contributed by atoms with Gasteiger partial charge in [-0.2, -0.15) is 11.8 Å². The first-order valence-electron chi connectivity index (χ1n) is 7.37. The van der Waals surface area contributed by atoms with Gasteiger partial charge in [0, 0.05) is 19.1 Å². The lowest BCUT2D eigenvalue weighted by Gasteiger charge is -2.16. The van der Waals surface area contributed by atoms with Crippen LogP contribution in [0.3, 0.4) is 0 Å². The molecule has 1 aliphatic rings. The Morgan fingerprint density at radius 3 is 2.95 bits per heavy atom. The Morgan fingerprint density at radius 1 is 1.32 bits per heavy atom. The monoisotopic (exact) mass is 278 g/mol. The lowest BCUT2D eigenvalue weighted by Crippen LogP contribution is -2.33. The van der Waals surface area contributed by atoms with E-state index in [0.29, 0.717) is 0 Å². The molecule has 1 N–H and O–H groups in total. The summed E-state index contributed by atoms with van der Waals surface area (Å²) in [5.41, 5.74) is 1.46. The van der Waals surface area contributed by atoms with E-state index in [4.69, 9.17) is 0 Å². The Hall–Kier alpha value is -0.510. The van der Waals surface area contributed by atoms with Crippen LogP contribution in [0.5, 0.6) is 0 Å². The predicted molar refractivity (Wildman–Crippen MR) is 86.0 cm³/mol. The van der Waals surface area contributed by atoms with Crippen molar-refractivity contribution in [1.29, 1.82) is 0 Å². The van der Waals surface area contributed by atoms with Crippen molar-refractivity contribution in [1.82, 2.24) is 10.2 Å². The average Bonchev–Trinajstić information content (AvgIpc) is 2.91. The van der Waals surface area contributed by atoms with Crippen LogP contribution in [0.4, 0.5) is 0 Å². The van der Waals surface area contributed by atoms with Gasteiger partial charge in [-0.15, -0.1) is 0 Å². The quantitative estimate of drug-likeness (QED) is 0.736. The fourth-order valence-electron chi connectivity index (χ4n) is 2.66. The highest BCUT2D eigenvalue weighted by Crippen LogP contribution is 2.10. The first-order valence-corrected chi connectivity index (χ1v) is 8.76. The highest BCUT2D eigenvalue weighted by atomic mass is 32.2. The van der Waals surface area contributed by atoms with Crippen LogP contribution in [-0.2, 0) is 6.42 Å². The minimum atomic E-state index is 0.720. The summed E-state index contributed by atoms with van der Waals surface area (Å²) in [5, 5.41) is 3.69. The van der Waals surface area contributed by atoms with Crippen molar-refractivity contribution in [3.8, 4) is 0 Å². The third-order valence-electron chi connectivity index (χ3n) is 3.79. The van der Waals surface area contributed by atoms with Crippen LogP contribution in [0.15, 0.2) is 30.3 Å². The molecule has 0 aliphatic carbocycles. The molecule has 0 saturated carbocycles. The number of nitrogens with zero attached hydrogens (tertiary/aromatic N) is 1. The molecular formula is C16H26N2S. The maximum Gasteiger partial charge on any atom is 0.0207 e. The maximum absolute atomic E-state index is 3.69. The van der Waals surface area contributed by atoms with Gasteiger partial charge in [0.15, 0.2) is 0 Å². The van der Waals surface area contributed by atoms with Crippen molar-refractivity contribution in [2.75, 3.05) is 38.2 Å². The maximum atomic E-state index is 3.69. The van der Waals surface area contributed by atoms with Gasteiger partial charge in [-0.05, 0) is 49.9 Å². The summed E-state index contributed by atoms with van der Waals surface area (Å²) in [6.45, 7) is 4.87. The fraction of sp³-hybridized carbons (Fsp3) is 0.625. The molecule has 1 fully saturated rings. The molecule has 2 nitrogen and oxygen atoms in total. The molecule has 1 atom stereocenters. The highest BCUT2D eigenvalue weighted by Gasteiger charge is 2.20. The van der Waals surface area contributed by atoms with Crippen LogP contribution in [0.1, 0.15) is 18.4 Å². The number of nitrogens with one attached hydrogen (secondary N) is 1. The zero-order valence-electron chi connectivity index (χ0n) is 12.0. The molecule has 1 aliphatic heterocycles. The van der Waals surface area contributed by atoms with Crippen molar-refractivity contribution < 1.29 is 0 Å². The van der Waals surface area contributed by atoms with Gasteiger partial charge in [-0.25, -0.2) is 0 Å². The average molecular weight is 278 g/mol. The second-order valence-corrected chi connectivity index (χ2v) is 6.31. The first-order chi connectivity index (χ1) is 9.38. The zero-order valence-corrected chi connectivity index (χ0v) is 12.8. The minimum Gasteiger partial charge on any atom is -0.313 e. The largest absolute Gasteiger partial charge is 0.313 e. The van der Waals surface area contributed by atoms with E-state index in [-0.39, 0.29) is 0 Å². The van der Waals surface area contributed by atoms with E-state index < -0.39 is 0 Å². The van der Waals surface area contributed by atoms with Crippen molar-refractivity contribution in [2.45, 2.75) is 25.3 Å². The van der Waals surface area contributed by atoms with E-state index in [9.17, 15) is 0 Å². The number of rotatable bonds is 8. The Kier molecular flexibility index (Phi) is 6.75. The number of hydrogen-bond donors (Lipinski definition) is 1. The molecule has 3 heteroatoms. The topological polar surface area (TPSA) is 15.3 Å². The number of hydrogen-bond acceptors (Lipinski definition) is 3. The molecule has 2 rings (SSSR count). The lowest BCUT2D eigenvalue weighted by molar-refractivity contribution is 0.332. The third-order valence-corrected chi connectivity index (χ3v) is 4.49. The Bertz CT molecular complexity index is 342. The molecule has 1 saturated heterocycles. The minimum absolute atomic E-state index is 0.720. The van der Waals surface area contributed by atoms with Gasteiger partial charge >= 0.3 is 0 Å². The van der Waals surface area contributed by atoms with Crippen molar-refractivity contribution >= 4 is 11.8 Å². The third kappa shape index (κ3) is 5.55. The Morgan fingerprint density at radius 2 is 2.16 bits per heavy atom. The number of benzene rings is 1. The molecule has 0 aromatic heterocycles. The van der Waals surface area contributed by atoms with Gasteiger partial charge in [0.2, 0.25) is 0 Å². The van der Waals surface area contributed by atoms with Crippen molar-refractivity contribution in [3.63, 3.8) is 0 Å². The molecule has 19 heavy (non-hydrogen) atoms. The molecule has 0 amide bonds. The standard InChI is InChI=1S/C16H26N2S/c1-19-13-5-10-17-16-9-12-18(14-16)11-8-15-6-3-2-4-7-15/h2-4,6-7,16-17H,5,8-14H2,1H3. The van der Waals surface area contributed by atoms with E-state index in [1.54, 1.807) is 0 Å². The smallest absolute Gasteiger partial charge is 0.0207 e. The molecule has 1 unspecified atom stereocenters. The fourth-order valence-corrected chi connectivity index (χ4v) is 3.09. The highest BCUT2D eigenvalue weighted by molar-refractivity contribution is 7.98. The summed E-state index contributed by atoms with van der Waals surface area (Å²) in [6.07, 6.45) is 5.97. The molecular weight excluding hydrogens is 252 g/mol. The lowest BCUT2D eigenvalue weighted by atomic mass is 10.1. The van der Waals surface area contributed by atoms with Crippen LogP contribution >= 0.6 is 11.8 Å². The van der Waals surface area contributed by atoms with E-state index >= 15 is 0 Å². The second kappa shape index (κ2) is 8.62. The van der Waals surface area contributed by atoms with Crippen molar-refractivity contribution in [3.05, 3.63) is 35.9 Å². The van der Waals surface area contributed by atoms with E-state index in [2.05, 4.69) is 46.8 Å². The van der Waals surface area contributed by atoms with Gasteiger partial charge < -0.3 is 10.2 Å². The van der Waals surface area contributed by atoms with Crippen molar-refractivity contribution in [2.24, 2.45) is 0 Å². The molecule has 106 valence electrons. The summed E-state index contributed by atoms with van der Waals surface area (Å²) in [7, 11) is 0. The van der Waals surface area contributed by atoms with Gasteiger partial charge in [0.05, 0.1) is 0 Å². The molecule has 0 bridgehead atoms. The molecule has 0 spiro atoms. The summed E-state index contributed by atoms with van der Waals surface area (Å²) in [4.78, 5) is 2.60. The Balaban J connectivity index is 1.60. The summed E-state index contributed by atoms with van der Waals surface area (Å²) < 4.78 is 0. The van der Waals surface area contributed by atoms with E-state index in [0.717, 1.165) is 6.04 Å². The van der Waals surface area contributed by atoms with Crippen LogP contribution in [0, 0.1) is 0 Å². The first kappa shape index (κ1) is 14.9. The van der Waals surface area contributed by atoms with E-state index in [1.165, 1.54) is 56.8 Å². The molecule has 1 aromatic rings. The van der Waals surface area contributed by atoms with Crippen LogP contribution < -0.4 is 5.32 Å². The molecule has 0 radical (unpaired) electrons. The zero-order chi connectivity index (χ0) is 13.3. The van der Waals surface area contributed by atoms with Gasteiger partial charge in [-0.1, -0.05) is 30.3 Å². The second-order valence-electron chi connectivity index (χ2n) is 5.32. The predicted octanol–water partition coefficient (Wildman–Crippen LogP) is 2.65. The number of thioether (sulfide) groups is 1. The summed E-state index contributed by atoms with van der Waals surface area (Å²) >= 11 is 1.94. The molecule has 1 heterocycles. The number of likely N-dealkylation sites (tertiary alicyclic amines) is 1. The molecule has 1 aromatic carbocycles. The van der Waals surface area contributed by atoms with Gasteiger partial charge in [0.25, 0.3) is 0 Å². The van der Waals surface area contributed by atoms with Crippen LogP contribution in [0.2, 0.25) is 0 Å². The van der Waals surface area contributed by atoms with Gasteiger partial charge in [0.1, 0.15) is 0 Å². The normalized spacial score (nSPS) is 19.9. The van der Waals surface area contributed by atoms with Crippen LogP contribution in [0.25, 0.3) is 0 Å². The summed E-state index contributed by atoms with van der Waals surface area (Å²) in [6, 6.07) is 11.5. The SMILES string of the molecule is CSCCCNC1CCN(CCc2ccccc2)C1. The van der Waals surface area contributed by atoms with Crippen LogP contribution in [-0.4, -0.2) is 49.1 Å². The summed E-state index contributed by atoms with van der Waals surface area (Å²) in [5.74, 6) is 1.28. The van der Waals surface area contributed by atoms with Gasteiger partial charge in [-0.3, -0.25) is 0 Å². The van der Waals surface area contributed by atoms with E-state index in [1.807, 2.05) is 11.8 Å². The Labute approximate surface area is 122 Å².